The number of ether oxygens (including phenoxy) is 1. The lowest BCUT2D eigenvalue weighted by Crippen LogP contribution is -2.33. The van der Waals surface area contributed by atoms with Gasteiger partial charge in [-0.05, 0) is 15.9 Å². The quantitative estimate of drug-likeness (QED) is 0.618. The van der Waals surface area contributed by atoms with Gasteiger partial charge in [0, 0.05) is 0 Å². The fourth-order valence-corrected chi connectivity index (χ4v) is 2.49. The van der Waals surface area contributed by atoms with Gasteiger partial charge in [0.2, 0.25) is 0 Å². The molecule has 102 valence electrons. The van der Waals surface area contributed by atoms with Crippen molar-refractivity contribution in [1.29, 1.82) is 0 Å². The average molecular weight is 331 g/mol. The summed E-state index contributed by atoms with van der Waals surface area (Å²) < 4.78 is 7.46. The van der Waals surface area contributed by atoms with E-state index in [1.807, 2.05) is 0 Å². The summed E-state index contributed by atoms with van der Waals surface area (Å²) in [5, 5.41) is 28.8. The normalized spacial score (nSPS) is 31.2. The van der Waals surface area contributed by atoms with Gasteiger partial charge in [-0.15, -0.1) is 0 Å². The molecule has 0 aromatic carbocycles. The molecule has 3 heterocycles. The maximum Gasteiger partial charge on any atom is 0.166 e. The minimum atomic E-state index is -1.16. The summed E-state index contributed by atoms with van der Waals surface area (Å²) in [6.07, 6.45) is -1.20. The summed E-state index contributed by atoms with van der Waals surface area (Å²) in [7, 11) is 0. The maximum absolute atomic E-state index is 9.97. The molecule has 1 aliphatic rings. The van der Waals surface area contributed by atoms with Crippen LogP contribution in [0.1, 0.15) is 6.23 Å². The molecule has 1 unspecified atom stereocenters. The standard InChI is InChI=1S/C10H11BrN4O4/c11-8-5-9(13-2-12-8)15(3-14-5)10-7(18)6(17)4(1-16)19-10/h2-4,6-7,10,16-18H,1H2/t4-,6-,7-,10?/m1/s1. The van der Waals surface area contributed by atoms with Crippen molar-refractivity contribution in [3.63, 3.8) is 0 Å². The Balaban J connectivity index is 2.04. The Morgan fingerprint density at radius 1 is 1.26 bits per heavy atom. The van der Waals surface area contributed by atoms with Crippen molar-refractivity contribution in [3.05, 3.63) is 17.3 Å². The molecule has 2 aromatic heterocycles. The highest BCUT2D eigenvalue weighted by molar-refractivity contribution is 9.10. The predicted molar refractivity (Wildman–Crippen MR) is 66.0 cm³/mol. The first kappa shape index (κ1) is 12.9. The van der Waals surface area contributed by atoms with E-state index in [0.29, 0.717) is 15.8 Å². The molecule has 0 bridgehead atoms. The van der Waals surface area contributed by atoms with Gasteiger partial charge in [-0.25, -0.2) is 15.0 Å². The van der Waals surface area contributed by atoms with Gasteiger partial charge in [-0.2, -0.15) is 0 Å². The fraction of sp³-hybridized carbons (Fsp3) is 0.500. The Labute approximate surface area is 115 Å². The van der Waals surface area contributed by atoms with Crippen LogP contribution in [0.2, 0.25) is 0 Å². The highest BCUT2D eigenvalue weighted by Crippen LogP contribution is 2.31. The smallest absolute Gasteiger partial charge is 0.166 e. The molecular weight excluding hydrogens is 320 g/mol. The lowest BCUT2D eigenvalue weighted by molar-refractivity contribution is -0.0511. The fourth-order valence-electron chi connectivity index (χ4n) is 2.12. The van der Waals surface area contributed by atoms with Crippen molar-refractivity contribution < 1.29 is 20.1 Å². The van der Waals surface area contributed by atoms with Gasteiger partial charge in [-0.3, -0.25) is 4.57 Å². The first-order valence-electron chi connectivity index (χ1n) is 5.59. The highest BCUT2D eigenvalue weighted by Gasteiger charge is 2.43. The molecule has 0 spiro atoms. The number of halogens is 1. The van der Waals surface area contributed by atoms with Gasteiger partial charge in [0.05, 0.1) is 12.9 Å². The summed E-state index contributed by atoms with van der Waals surface area (Å²) in [6.45, 7) is -0.375. The number of hydrogen-bond acceptors (Lipinski definition) is 7. The van der Waals surface area contributed by atoms with Crippen LogP contribution in [0.4, 0.5) is 0 Å². The molecule has 0 radical (unpaired) electrons. The van der Waals surface area contributed by atoms with E-state index in [1.54, 1.807) is 0 Å². The lowest BCUT2D eigenvalue weighted by atomic mass is 10.1. The Bertz CT molecular complexity index is 606. The largest absolute Gasteiger partial charge is 0.394 e. The summed E-state index contributed by atoms with van der Waals surface area (Å²) >= 11 is 3.25. The molecule has 9 heteroatoms. The average Bonchev–Trinajstić information content (AvgIpc) is 2.94. The minimum absolute atomic E-state index is 0.375. The van der Waals surface area contributed by atoms with Gasteiger partial charge in [0.15, 0.2) is 11.9 Å². The van der Waals surface area contributed by atoms with Crippen LogP contribution in [-0.4, -0.2) is 59.8 Å². The maximum atomic E-state index is 9.97. The second-order valence-electron chi connectivity index (χ2n) is 4.22. The molecule has 1 saturated heterocycles. The van der Waals surface area contributed by atoms with Crippen LogP contribution in [0.5, 0.6) is 0 Å². The molecule has 0 saturated carbocycles. The number of aliphatic hydroxyl groups is 3. The second-order valence-corrected chi connectivity index (χ2v) is 4.97. The SMILES string of the molecule is OC[C@H]1OC(n2cnc3c(Br)ncnc32)[C@H](O)[C@@H]1O. The molecule has 3 N–H and O–H groups in total. The number of fused-ring (bicyclic) bond motifs is 1. The lowest BCUT2D eigenvalue weighted by Gasteiger charge is -2.16. The van der Waals surface area contributed by atoms with E-state index in [4.69, 9.17) is 9.84 Å². The summed E-state index contributed by atoms with van der Waals surface area (Å²) in [4.78, 5) is 12.2. The van der Waals surface area contributed by atoms with E-state index in [1.165, 1.54) is 17.2 Å². The first-order chi connectivity index (χ1) is 9.13. The summed E-state index contributed by atoms with van der Waals surface area (Å²) in [5.41, 5.74) is 0.997. The van der Waals surface area contributed by atoms with Crippen molar-refractivity contribution in [2.24, 2.45) is 0 Å². The van der Waals surface area contributed by atoms with Crippen molar-refractivity contribution in [3.8, 4) is 0 Å². The zero-order valence-electron chi connectivity index (χ0n) is 9.59. The van der Waals surface area contributed by atoms with Crippen LogP contribution in [0.3, 0.4) is 0 Å². The van der Waals surface area contributed by atoms with Crippen molar-refractivity contribution >= 4 is 27.1 Å². The third-order valence-electron chi connectivity index (χ3n) is 3.11. The number of nitrogens with zero attached hydrogens (tertiary/aromatic N) is 4. The van der Waals surface area contributed by atoms with Gasteiger partial charge in [-0.1, -0.05) is 0 Å². The van der Waals surface area contributed by atoms with E-state index in [2.05, 4.69) is 30.9 Å². The van der Waals surface area contributed by atoms with Gasteiger partial charge in [0.1, 0.15) is 34.8 Å². The summed E-state index contributed by atoms with van der Waals surface area (Å²) in [5.74, 6) is 0. The number of rotatable bonds is 2. The van der Waals surface area contributed by atoms with Crippen molar-refractivity contribution in [2.45, 2.75) is 24.5 Å². The Hall–Kier alpha value is -1.13. The van der Waals surface area contributed by atoms with E-state index < -0.39 is 24.5 Å². The Kier molecular flexibility index (Phi) is 3.23. The molecule has 0 amide bonds. The molecule has 8 nitrogen and oxygen atoms in total. The second kappa shape index (κ2) is 4.76. The number of hydrogen-bond donors (Lipinski definition) is 3. The molecule has 1 fully saturated rings. The van der Waals surface area contributed by atoms with Crippen LogP contribution in [0.15, 0.2) is 17.3 Å². The summed E-state index contributed by atoms with van der Waals surface area (Å²) in [6, 6.07) is 0. The van der Waals surface area contributed by atoms with Gasteiger partial charge in [0.25, 0.3) is 0 Å². The minimum Gasteiger partial charge on any atom is -0.394 e. The Morgan fingerprint density at radius 3 is 2.74 bits per heavy atom. The topological polar surface area (TPSA) is 114 Å². The zero-order valence-corrected chi connectivity index (χ0v) is 11.2. The number of imidazole rings is 1. The monoisotopic (exact) mass is 330 g/mol. The van der Waals surface area contributed by atoms with E-state index in [9.17, 15) is 10.2 Å². The molecule has 2 aromatic rings. The molecule has 0 aliphatic carbocycles. The molecule has 3 rings (SSSR count). The van der Waals surface area contributed by atoms with Crippen LogP contribution >= 0.6 is 15.9 Å². The van der Waals surface area contributed by atoms with Crippen LogP contribution in [0, 0.1) is 0 Å². The zero-order chi connectivity index (χ0) is 13.6. The molecule has 19 heavy (non-hydrogen) atoms. The molecule has 4 atom stereocenters. The van der Waals surface area contributed by atoms with E-state index >= 15 is 0 Å². The van der Waals surface area contributed by atoms with Gasteiger partial charge >= 0.3 is 0 Å². The number of aromatic nitrogens is 4. The van der Waals surface area contributed by atoms with Crippen LogP contribution in [-0.2, 0) is 4.74 Å². The number of aliphatic hydroxyl groups excluding tert-OH is 3. The van der Waals surface area contributed by atoms with E-state index in [-0.39, 0.29) is 6.61 Å². The first-order valence-corrected chi connectivity index (χ1v) is 6.38. The predicted octanol–water partition coefficient (Wildman–Crippen LogP) is -0.800. The van der Waals surface area contributed by atoms with E-state index in [0.717, 1.165) is 0 Å². The molecule has 1 aliphatic heterocycles. The van der Waals surface area contributed by atoms with Gasteiger partial charge < -0.3 is 20.1 Å². The Morgan fingerprint density at radius 2 is 2.05 bits per heavy atom. The highest BCUT2D eigenvalue weighted by atomic mass is 79.9. The van der Waals surface area contributed by atoms with Crippen molar-refractivity contribution in [1.82, 2.24) is 19.5 Å². The third kappa shape index (κ3) is 1.94. The van der Waals surface area contributed by atoms with Crippen LogP contribution < -0.4 is 0 Å². The third-order valence-corrected chi connectivity index (χ3v) is 3.69. The molecular formula is C10H11BrN4O4. The van der Waals surface area contributed by atoms with Crippen LogP contribution in [0.25, 0.3) is 11.2 Å². The van der Waals surface area contributed by atoms with Crippen molar-refractivity contribution in [2.75, 3.05) is 6.61 Å².